The number of nitro groups is 1. The molecule has 0 unspecified atom stereocenters. The molecule has 1 rings (SSSR count). The minimum atomic E-state index is -4.21. The van der Waals surface area contributed by atoms with E-state index in [1.807, 2.05) is 6.92 Å². The van der Waals surface area contributed by atoms with Gasteiger partial charge in [0, 0.05) is 26.2 Å². The van der Waals surface area contributed by atoms with Crippen LogP contribution in [-0.2, 0) is 29.1 Å². The van der Waals surface area contributed by atoms with Gasteiger partial charge in [-0.1, -0.05) is 34.1 Å². The smallest absolute Gasteiger partial charge is 0.328 e. The van der Waals surface area contributed by atoms with Crippen LogP contribution in [0.15, 0.2) is 29.2 Å². The number of hydrogen-bond donors (Lipinski definition) is 1. The van der Waals surface area contributed by atoms with Crippen LogP contribution in [0.4, 0.5) is 5.69 Å². The molecule has 0 radical (unpaired) electrons. The van der Waals surface area contributed by atoms with E-state index in [1.165, 1.54) is 33.0 Å². The van der Waals surface area contributed by atoms with Crippen LogP contribution in [-0.4, -0.2) is 79.7 Å². The van der Waals surface area contributed by atoms with E-state index in [2.05, 4.69) is 10.1 Å². The molecule has 0 spiro atoms. The van der Waals surface area contributed by atoms with Crippen molar-refractivity contribution >= 4 is 33.5 Å². The van der Waals surface area contributed by atoms with E-state index in [0.717, 1.165) is 28.6 Å². The molecule has 0 aliphatic rings. The Kier molecular flexibility index (Phi) is 11.0. The second-order valence-corrected chi connectivity index (χ2v) is 11.0. The number of nitro benzene ring substituents is 1. The van der Waals surface area contributed by atoms with Crippen LogP contribution in [0.25, 0.3) is 0 Å². The molecular formula is C23H36N4O8S. The maximum Gasteiger partial charge on any atom is 0.328 e. The van der Waals surface area contributed by atoms with Crippen molar-refractivity contribution in [3.05, 3.63) is 34.4 Å². The van der Waals surface area contributed by atoms with Gasteiger partial charge in [-0.3, -0.25) is 19.7 Å². The molecule has 0 saturated carbocycles. The first-order valence-corrected chi connectivity index (χ1v) is 12.9. The van der Waals surface area contributed by atoms with Gasteiger partial charge < -0.3 is 15.0 Å². The molecule has 0 saturated heterocycles. The van der Waals surface area contributed by atoms with Crippen LogP contribution in [0.1, 0.15) is 41.0 Å². The maximum atomic E-state index is 13.6. The Labute approximate surface area is 212 Å². The third-order valence-corrected chi connectivity index (χ3v) is 7.98. The Hall–Kier alpha value is -3.06. The van der Waals surface area contributed by atoms with Crippen molar-refractivity contribution in [2.75, 3.05) is 21.2 Å². The summed E-state index contributed by atoms with van der Waals surface area (Å²) in [6, 6.07) is 1.27. The van der Waals surface area contributed by atoms with E-state index in [-0.39, 0.29) is 16.5 Å². The first-order chi connectivity index (χ1) is 16.6. The third kappa shape index (κ3) is 7.00. The Morgan fingerprint density at radius 3 is 2.00 bits per heavy atom. The number of nitrogens with zero attached hydrogens (tertiary/aromatic N) is 3. The van der Waals surface area contributed by atoms with Gasteiger partial charge in [-0.05, 0) is 30.9 Å². The summed E-state index contributed by atoms with van der Waals surface area (Å²) in [5, 5.41) is 13.5. The predicted octanol–water partition coefficient (Wildman–Crippen LogP) is 1.79. The number of carbonyl (C=O) groups is 3. The van der Waals surface area contributed by atoms with Gasteiger partial charge >= 0.3 is 5.97 Å². The molecule has 1 N–H and O–H groups in total. The zero-order valence-corrected chi connectivity index (χ0v) is 22.7. The quantitative estimate of drug-likeness (QED) is 0.244. The number of hydrogen-bond acceptors (Lipinski definition) is 8. The molecule has 36 heavy (non-hydrogen) atoms. The van der Waals surface area contributed by atoms with Gasteiger partial charge in [0.05, 0.1) is 16.9 Å². The number of ether oxygens (including phenoxy) is 1. The fourth-order valence-electron chi connectivity index (χ4n) is 3.84. The summed E-state index contributed by atoms with van der Waals surface area (Å²) in [7, 11) is -0.338. The zero-order chi connectivity index (χ0) is 28.0. The molecule has 0 heterocycles. The van der Waals surface area contributed by atoms with Gasteiger partial charge in [0.25, 0.3) is 5.69 Å². The van der Waals surface area contributed by atoms with Gasteiger partial charge in [-0.2, -0.15) is 4.31 Å². The number of benzene rings is 1. The summed E-state index contributed by atoms with van der Waals surface area (Å²) in [4.78, 5) is 49.8. The summed E-state index contributed by atoms with van der Waals surface area (Å²) >= 11 is 0. The summed E-state index contributed by atoms with van der Waals surface area (Å²) in [6.45, 7) is 8.43. The predicted molar refractivity (Wildman–Crippen MR) is 132 cm³/mol. The number of esters is 1. The molecule has 0 aliphatic carbocycles. The molecule has 0 aliphatic heterocycles. The van der Waals surface area contributed by atoms with E-state index >= 15 is 0 Å². The van der Waals surface area contributed by atoms with Crippen molar-refractivity contribution in [2.24, 2.45) is 11.8 Å². The second kappa shape index (κ2) is 12.8. The molecular weight excluding hydrogens is 492 g/mol. The minimum absolute atomic E-state index is 0.208. The van der Waals surface area contributed by atoms with Gasteiger partial charge in [-0.15, -0.1) is 0 Å². The molecule has 1 aromatic rings. The average Bonchev–Trinajstić information content (AvgIpc) is 2.82. The molecule has 13 heteroatoms. The number of likely N-dealkylation sites (N-methyl/N-ethyl adjacent to an activating group) is 2. The fraction of sp³-hybridized carbons (Fsp3) is 0.609. The highest BCUT2D eigenvalue weighted by molar-refractivity contribution is 7.89. The number of amides is 2. The molecule has 0 fully saturated rings. The van der Waals surface area contributed by atoms with Crippen LogP contribution >= 0.6 is 0 Å². The molecule has 0 aromatic heterocycles. The molecule has 12 nitrogen and oxygen atoms in total. The SMILES string of the molecule is CC[C@H](C)[C@@H](C(=O)N[C@@H](C)C(=O)OC)N(C)C(=O)[C@H](C(C)C)N(C)S(=O)(=O)c1ccc([N+](=O)[O-])cc1. The van der Waals surface area contributed by atoms with Gasteiger partial charge in [0.1, 0.15) is 18.1 Å². The minimum Gasteiger partial charge on any atom is -0.467 e. The molecule has 1 aromatic carbocycles. The van der Waals surface area contributed by atoms with E-state index in [9.17, 15) is 32.9 Å². The van der Waals surface area contributed by atoms with E-state index in [4.69, 9.17) is 0 Å². The molecule has 202 valence electrons. The standard InChI is InChI=1S/C23H36N4O8S/c1-9-15(4)20(21(28)24-16(5)23(30)35-8)25(6)22(29)19(14(2)3)26(7)36(33,34)18-12-10-17(11-13-18)27(31)32/h10-16,19-20H,9H2,1-8H3,(H,24,28)/t15-,16-,19-,20-/m0/s1. The number of nitrogens with one attached hydrogen (secondary N) is 1. The highest BCUT2D eigenvalue weighted by Crippen LogP contribution is 2.25. The summed E-state index contributed by atoms with van der Waals surface area (Å²) in [6.07, 6.45) is 0.533. The lowest BCUT2D eigenvalue weighted by molar-refractivity contribution is -0.384. The Morgan fingerprint density at radius 1 is 1.06 bits per heavy atom. The average molecular weight is 529 g/mol. The highest BCUT2D eigenvalue weighted by Gasteiger charge is 2.41. The van der Waals surface area contributed by atoms with Crippen LogP contribution in [0.2, 0.25) is 0 Å². The summed E-state index contributed by atoms with van der Waals surface area (Å²) in [5.41, 5.74) is -0.267. The molecule has 4 atom stereocenters. The normalized spacial score (nSPS) is 15.1. The molecule has 0 bridgehead atoms. The highest BCUT2D eigenvalue weighted by atomic mass is 32.2. The van der Waals surface area contributed by atoms with Gasteiger partial charge in [0.15, 0.2) is 0 Å². The largest absolute Gasteiger partial charge is 0.467 e. The topological polar surface area (TPSA) is 156 Å². The number of rotatable bonds is 12. The van der Waals surface area contributed by atoms with Gasteiger partial charge in [0.2, 0.25) is 21.8 Å². The van der Waals surface area contributed by atoms with Crippen molar-refractivity contribution in [3.63, 3.8) is 0 Å². The lowest BCUT2D eigenvalue weighted by atomic mass is 9.94. The van der Waals surface area contributed by atoms with Crippen LogP contribution in [0.5, 0.6) is 0 Å². The van der Waals surface area contributed by atoms with E-state index in [0.29, 0.717) is 6.42 Å². The number of non-ortho nitro benzene ring substituents is 1. The zero-order valence-electron chi connectivity index (χ0n) is 21.9. The monoisotopic (exact) mass is 528 g/mol. The van der Waals surface area contributed by atoms with Crippen molar-refractivity contribution in [1.29, 1.82) is 0 Å². The van der Waals surface area contributed by atoms with Crippen LogP contribution < -0.4 is 5.32 Å². The van der Waals surface area contributed by atoms with Crippen LogP contribution in [0, 0.1) is 22.0 Å². The number of sulfonamides is 1. The van der Waals surface area contributed by atoms with Gasteiger partial charge in [-0.25, -0.2) is 13.2 Å². The fourth-order valence-corrected chi connectivity index (χ4v) is 5.28. The Bertz CT molecular complexity index is 1060. The van der Waals surface area contributed by atoms with Crippen molar-refractivity contribution < 1.29 is 32.5 Å². The number of methoxy groups -OCH3 is 1. The van der Waals surface area contributed by atoms with Crippen molar-refractivity contribution in [1.82, 2.24) is 14.5 Å². The Morgan fingerprint density at radius 2 is 1.58 bits per heavy atom. The lowest BCUT2D eigenvalue weighted by Crippen LogP contribution is -2.59. The first-order valence-electron chi connectivity index (χ1n) is 11.5. The van der Waals surface area contributed by atoms with Crippen LogP contribution in [0.3, 0.4) is 0 Å². The molecule has 2 amide bonds. The van der Waals surface area contributed by atoms with E-state index < -0.39 is 56.8 Å². The first kappa shape index (κ1) is 31.0. The number of carbonyl (C=O) groups excluding carboxylic acids is 3. The maximum absolute atomic E-state index is 13.6. The summed E-state index contributed by atoms with van der Waals surface area (Å²) < 4.78 is 32.1. The lowest BCUT2D eigenvalue weighted by Gasteiger charge is -2.37. The third-order valence-electron chi connectivity index (χ3n) is 6.13. The second-order valence-electron chi connectivity index (χ2n) is 8.99. The van der Waals surface area contributed by atoms with Crippen molar-refractivity contribution in [3.8, 4) is 0 Å². The van der Waals surface area contributed by atoms with Crippen molar-refractivity contribution in [2.45, 2.75) is 64.1 Å². The summed E-state index contributed by atoms with van der Waals surface area (Å²) in [5.74, 6) is -2.61. The Balaban J connectivity index is 3.34. The van der Waals surface area contributed by atoms with E-state index in [1.54, 1.807) is 20.8 Å².